The van der Waals surface area contributed by atoms with E-state index in [0.29, 0.717) is 11.0 Å². The average Bonchev–Trinajstić information content (AvgIpc) is 3.09. The molecule has 0 spiro atoms. The van der Waals surface area contributed by atoms with Gasteiger partial charge < -0.3 is 0 Å². The molecule has 0 bridgehead atoms. The lowest BCUT2D eigenvalue weighted by Gasteiger charge is -2.05. The van der Waals surface area contributed by atoms with Gasteiger partial charge in [0.15, 0.2) is 5.13 Å². The van der Waals surface area contributed by atoms with Crippen molar-refractivity contribution in [3.8, 4) is 11.3 Å². The Morgan fingerprint density at radius 1 is 1.22 bits per heavy atom. The molecule has 3 rings (SSSR count). The van der Waals surface area contributed by atoms with Crippen LogP contribution in [-0.2, 0) is 0 Å². The van der Waals surface area contributed by atoms with E-state index in [9.17, 15) is 14.9 Å². The monoisotopic (exact) mass is 401 g/mol. The lowest BCUT2D eigenvalue weighted by Crippen LogP contribution is -2.13. The summed E-state index contributed by atoms with van der Waals surface area (Å²) in [7, 11) is 0. The molecule has 8 heteroatoms. The van der Waals surface area contributed by atoms with E-state index in [1.165, 1.54) is 35.1 Å². The molecule has 1 N–H and O–H groups in total. The Kier molecular flexibility index (Phi) is 5.53. The van der Waals surface area contributed by atoms with Gasteiger partial charge >= 0.3 is 0 Å². The summed E-state index contributed by atoms with van der Waals surface area (Å²) in [6, 6.07) is 11.9. The molecule has 6 nitrogen and oxygen atoms in total. The van der Waals surface area contributed by atoms with Gasteiger partial charge in [0.05, 0.1) is 10.6 Å². The molecule has 0 unspecified atom stereocenters. The first-order valence-electron chi connectivity index (χ1n) is 8.16. The molecule has 138 valence electrons. The van der Waals surface area contributed by atoms with Gasteiger partial charge in [0.1, 0.15) is 5.56 Å². The molecule has 0 aliphatic carbocycles. The van der Waals surface area contributed by atoms with Crippen LogP contribution in [0.5, 0.6) is 0 Å². The molecule has 0 radical (unpaired) electrons. The number of carbonyl (C=O) groups excluding carboxylic acids is 1. The normalized spacial score (nSPS) is 10.8. The average molecular weight is 402 g/mol. The Bertz CT molecular complexity index is 1000. The summed E-state index contributed by atoms with van der Waals surface area (Å²) < 4.78 is 0. The van der Waals surface area contributed by atoms with Crippen LogP contribution < -0.4 is 5.32 Å². The van der Waals surface area contributed by atoms with Crippen LogP contribution in [0.1, 0.15) is 35.7 Å². The lowest BCUT2D eigenvalue weighted by molar-refractivity contribution is -0.385. The molecule has 1 aromatic heterocycles. The van der Waals surface area contributed by atoms with Crippen LogP contribution in [0.2, 0.25) is 5.02 Å². The Labute approximate surface area is 165 Å². The number of amides is 1. The number of aromatic nitrogens is 1. The molecule has 0 fully saturated rings. The van der Waals surface area contributed by atoms with Crippen molar-refractivity contribution in [2.75, 3.05) is 5.32 Å². The molecule has 0 atom stereocenters. The Morgan fingerprint density at radius 3 is 2.56 bits per heavy atom. The predicted molar refractivity (Wildman–Crippen MR) is 108 cm³/mol. The minimum absolute atomic E-state index is 0.106. The molecular formula is C19H16ClN3O3S. The molecule has 0 saturated carbocycles. The Hall–Kier alpha value is -2.77. The highest BCUT2D eigenvalue weighted by Crippen LogP contribution is 2.28. The standard InChI is InChI=1S/C19H16ClN3O3S/c1-11(2)12-3-5-13(6-4-12)16-10-27-19(21-16)22-18(24)15-9-14(20)7-8-17(15)23(25)26/h3-11H,1-2H3,(H,21,22,24). The van der Waals surface area contributed by atoms with Crippen molar-refractivity contribution in [2.45, 2.75) is 19.8 Å². The quantitative estimate of drug-likeness (QED) is 0.435. The van der Waals surface area contributed by atoms with Gasteiger partial charge in [-0.1, -0.05) is 49.7 Å². The number of nitro benzene ring substituents is 1. The van der Waals surface area contributed by atoms with Gasteiger partial charge in [-0.05, 0) is 23.6 Å². The third kappa shape index (κ3) is 4.32. The van der Waals surface area contributed by atoms with Crippen molar-refractivity contribution in [2.24, 2.45) is 0 Å². The summed E-state index contributed by atoms with van der Waals surface area (Å²) in [4.78, 5) is 27.4. The third-order valence-corrected chi connectivity index (χ3v) is 4.99. The smallest absolute Gasteiger partial charge is 0.282 e. The lowest BCUT2D eigenvalue weighted by atomic mass is 10.0. The van der Waals surface area contributed by atoms with Gasteiger partial charge in [-0.15, -0.1) is 11.3 Å². The maximum Gasteiger partial charge on any atom is 0.282 e. The SMILES string of the molecule is CC(C)c1ccc(-c2csc(NC(=O)c3cc(Cl)ccc3[N+](=O)[O-])n2)cc1. The van der Waals surface area contributed by atoms with E-state index < -0.39 is 10.8 Å². The van der Waals surface area contributed by atoms with Crippen LogP contribution in [0.25, 0.3) is 11.3 Å². The zero-order chi connectivity index (χ0) is 19.6. The summed E-state index contributed by atoms with van der Waals surface area (Å²) in [5, 5.41) is 16.2. The van der Waals surface area contributed by atoms with Crippen LogP contribution in [0.4, 0.5) is 10.8 Å². The molecule has 0 aliphatic rings. The number of anilines is 1. The zero-order valence-electron chi connectivity index (χ0n) is 14.6. The van der Waals surface area contributed by atoms with Gasteiger partial charge in [-0.3, -0.25) is 20.2 Å². The molecular weight excluding hydrogens is 386 g/mol. The molecule has 2 aromatic carbocycles. The summed E-state index contributed by atoms with van der Waals surface area (Å²) in [6.45, 7) is 4.25. The first-order chi connectivity index (χ1) is 12.8. The van der Waals surface area contributed by atoms with Gasteiger partial charge in [0, 0.05) is 22.0 Å². The van der Waals surface area contributed by atoms with Crippen molar-refractivity contribution in [3.05, 3.63) is 74.1 Å². The number of thiazole rings is 1. The fourth-order valence-corrected chi connectivity index (χ4v) is 3.40. The van der Waals surface area contributed by atoms with Gasteiger partial charge in [-0.25, -0.2) is 4.98 Å². The molecule has 1 heterocycles. The van der Waals surface area contributed by atoms with Crippen LogP contribution in [0.3, 0.4) is 0 Å². The first kappa shape index (κ1) is 19.0. The molecule has 1 amide bonds. The van der Waals surface area contributed by atoms with Crippen molar-refractivity contribution in [1.82, 2.24) is 4.98 Å². The van der Waals surface area contributed by atoms with Crippen molar-refractivity contribution in [3.63, 3.8) is 0 Å². The summed E-state index contributed by atoms with van der Waals surface area (Å²) in [6.07, 6.45) is 0. The maximum absolute atomic E-state index is 12.4. The van der Waals surface area contributed by atoms with Crippen molar-refractivity contribution < 1.29 is 9.72 Å². The number of hydrogen-bond acceptors (Lipinski definition) is 5. The van der Waals surface area contributed by atoms with Gasteiger partial charge in [0.2, 0.25) is 0 Å². The van der Waals surface area contributed by atoms with Crippen LogP contribution in [-0.4, -0.2) is 15.8 Å². The van der Waals surface area contributed by atoms with E-state index >= 15 is 0 Å². The summed E-state index contributed by atoms with van der Waals surface area (Å²) in [5.41, 5.74) is 2.48. The predicted octanol–water partition coefficient (Wildman–Crippen LogP) is 5.75. The number of nitrogens with one attached hydrogen (secondary N) is 1. The number of nitro groups is 1. The second-order valence-corrected chi connectivity index (χ2v) is 7.48. The number of carbonyl (C=O) groups is 1. The molecule has 27 heavy (non-hydrogen) atoms. The van der Waals surface area contributed by atoms with E-state index in [0.717, 1.165) is 11.3 Å². The van der Waals surface area contributed by atoms with Gasteiger partial charge in [-0.2, -0.15) is 0 Å². The third-order valence-electron chi connectivity index (χ3n) is 4.00. The zero-order valence-corrected chi connectivity index (χ0v) is 16.2. The Balaban J connectivity index is 1.81. The molecule has 3 aromatic rings. The highest BCUT2D eigenvalue weighted by molar-refractivity contribution is 7.14. The van der Waals surface area contributed by atoms with Crippen LogP contribution in [0, 0.1) is 10.1 Å². The number of nitrogens with zero attached hydrogens (tertiary/aromatic N) is 2. The van der Waals surface area contributed by atoms with E-state index in [1.54, 1.807) is 0 Å². The van der Waals surface area contributed by atoms with Crippen LogP contribution in [0.15, 0.2) is 47.8 Å². The first-order valence-corrected chi connectivity index (χ1v) is 9.42. The number of hydrogen-bond donors (Lipinski definition) is 1. The minimum atomic E-state index is -0.625. The van der Waals surface area contributed by atoms with E-state index in [-0.39, 0.29) is 16.3 Å². The van der Waals surface area contributed by atoms with Crippen molar-refractivity contribution in [1.29, 1.82) is 0 Å². The minimum Gasteiger partial charge on any atom is -0.298 e. The van der Waals surface area contributed by atoms with Gasteiger partial charge in [0.25, 0.3) is 11.6 Å². The number of halogens is 1. The fraction of sp³-hybridized carbons (Fsp3) is 0.158. The van der Waals surface area contributed by atoms with E-state index in [2.05, 4.69) is 24.1 Å². The maximum atomic E-state index is 12.4. The highest BCUT2D eigenvalue weighted by Gasteiger charge is 2.21. The number of rotatable bonds is 5. The van der Waals surface area contributed by atoms with Crippen molar-refractivity contribution >= 4 is 39.7 Å². The number of benzene rings is 2. The largest absolute Gasteiger partial charge is 0.298 e. The van der Waals surface area contributed by atoms with E-state index in [1.807, 2.05) is 29.6 Å². The van der Waals surface area contributed by atoms with Crippen LogP contribution >= 0.6 is 22.9 Å². The Morgan fingerprint density at radius 2 is 1.93 bits per heavy atom. The second-order valence-electron chi connectivity index (χ2n) is 6.19. The molecule has 0 aliphatic heterocycles. The topological polar surface area (TPSA) is 85.1 Å². The highest BCUT2D eigenvalue weighted by atomic mass is 35.5. The second kappa shape index (κ2) is 7.85. The molecule has 0 saturated heterocycles. The fourth-order valence-electron chi connectivity index (χ4n) is 2.52. The summed E-state index contributed by atoms with van der Waals surface area (Å²) >= 11 is 7.12. The summed E-state index contributed by atoms with van der Waals surface area (Å²) in [5.74, 6) is -0.182. The van der Waals surface area contributed by atoms with E-state index in [4.69, 9.17) is 11.6 Å².